The Kier molecular flexibility index (Phi) is 3.15. The Morgan fingerprint density at radius 3 is 2.85 bits per heavy atom. The Hall–Kier alpha value is -1.13. The number of hydrogen-bond donors (Lipinski definition) is 1. The number of nitrogens with zero attached hydrogens (tertiary/aromatic N) is 2. The Balaban J connectivity index is 1.62. The molecule has 20 heavy (non-hydrogen) atoms. The van der Waals surface area contributed by atoms with Crippen LogP contribution in [0.15, 0.2) is 23.7 Å². The Morgan fingerprint density at radius 2 is 2.10 bits per heavy atom. The molecule has 1 N–H and O–H groups in total. The van der Waals surface area contributed by atoms with Crippen LogP contribution in [0.4, 0.5) is 5.69 Å². The molecule has 0 aliphatic carbocycles. The minimum atomic E-state index is 0.723. The molecule has 2 aliphatic rings. The molecule has 2 saturated heterocycles. The van der Waals surface area contributed by atoms with Gasteiger partial charge in [0.2, 0.25) is 0 Å². The van der Waals surface area contributed by atoms with Gasteiger partial charge in [-0.25, -0.2) is 4.98 Å². The van der Waals surface area contributed by atoms with Crippen molar-refractivity contribution in [1.82, 2.24) is 10.3 Å². The number of fused-ring (bicyclic) bond motifs is 3. The number of hydrogen-bond acceptors (Lipinski definition) is 4. The molecule has 4 heteroatoms. The summed E-state index contributed by atoms with van der Waals surface area (Å²) < 4.78 is 1.32. The molecule has 0 amide bonds. The molecule has 3 heterocycles. The van der Waals surface area contributed by atoms with Gasteiger partial charge in [0.25, 0.3) is 0 Å². The maximum absolute atomic E-state index is 4.39. The van der Waals surface area contributed by atoms with Crippen LogP contribution in [0, 0.1) is 0 Å². The van der Waals surface area contributed by atoms with Gasteiger partial charge in [-0.15, -0.1) is 11.3 Å². The number of anilines is 1. The highest BCUT2D eigenvalue weighted by molar-refractivity contribution is 7.16. The van der Waals surface area contributed by atoms with Gasteiger partial charge < -0.3 is 10.2 Å². The largest absolute Gasteiger partial charge is 0.365 e. The zero-order valence-corrected chi connectivity index (χ0v) is 12.7. The lowest BCUT2D eigenvalue weighted by Gasteiger charge is -2.41. The fourth-order valence-corrected chi connectivity index (χ4v) is 4.77. The quantitative estimate of drug-likeness (QED) is 0.937. The van der Waals surface area contributed by atoms with Crippen molar-refractivity contribution in [2.24, 2.45) is 0 Å². The first-order chi connectivity index (χ1) is 9.85. The smallest absolute Gasteiger partial charge is 0.0813 e. The molecule has 0 radical (unpaired) electrons. The zero-order chi connectivity index (χ0) is 13.5. The highest BCUT2D eigenvalue weighted by atomic mass is 32.1. The summed E-state index contributed by atoms with van der Waals surface area (Å²) in [4.78, 5) is 7.07. The minimum absolute atomic E-state index is 0.723. The summed E-state index contributed by atoms with van der Waals surface area (Å²) in [6, 6.07) is 8.95. The van der Waals surface area contributed by atoms with Gasteiger partial charge in [-0.3, -0.25) is 0 Å². The Bertz CT molecular complexity index is 595. The van der Waals surface area contributed by atoms with E-state index >= 15 is 0 Å². The van der Waals surface area contributed by atoms with E-state index in [0.717, 1.165) is 30.2 Å². The topological polar surface area (TPSA) is 28.2 Å². The lowest BCUT2D eigenvalue weighted by Crippen LogP contribution is -2.49. The SMILES string of the molecule is CCNC1CC2CCC(C1)N2c1ccc2ncsc2c1. The van der Waals surface area contributed by atoms with Crippen LogP contribution in [0.3, 0.4) is 0 Å². The second-order valence-corrected chi connectivity index (χ2v) is 6.91. The molecule has 1 aromatic heterocycles. The average Bonchev–Trinajstić information content (AvgIpc) is 3.01. The zero-order valence-electron chi connectivity index (χ0n) is 11.9. The highest BCUT2D eigenvalue weighted by Crippen LogP contribution is 2.40. The third kappa shape index (κ3) is 2.02. The van der Waals surface area contributed by atoms with Gasteiger partial charge in [-0.2, -0.15) is 0 Å². The fraction of sp³-hybridized carbons (Fsp3) is 0.562. The summed E-state index contributed by atoms with van der Waals surface area (Å²) in [5, 5.41) is 3.65. The van der Waals surface area contributed by atoms with E-state index in [1.165, 1.54) is 36.1 Å². The molecular formula is C16H21N3S. The number of thiazole rings is 1. The Labute approximate surface area is 124 Å². The molecule has 2 aliphatic heterocycles. The number of nitrogens with one attached hydrogen (secondary N) is 1. The molecule has 1 aromatic carbocycles. The van der Waals surface area contributed by atoms with Crippen molar-refractivity contribution in [3.8, 4) is 0 Å². The van der Waals surface area contributed by atoms with Gasteiger partial charge in [0.1, 0.15) is 0 Å². The molecule has 2 fully saturated rings. The second kappa shape index (κ2) is 5.01. The molecule has 2 atom stereocenters. The molecule has 4 rings (SSSR count). The summed E-state index contributed by atoms with van der Waals surface area (Å²) in [6.07, 6.45) is 5.30. The van der Waals surface area contributed by atoms with Crippen molar-refractivity contribution in [2.75, 3.05) is 11.4 Å². The molecule has 106 valence electrons. The summed E-state index contributed by atoms with van der Waals surface area (Å²) in [7, 11) is 0. The number of rotatable bonds is 3. The molecule has 0 spiro atoms. The van der Waals surface area contributed by atoms with E-state index in [0.29, 0.717) is 0 Å². The van der Waals surface area contributed by atoms with Gasteiger partial charge >= 0.3 is 0 Å². The van der Waals surface area contributed by atoms with Crippen molar-refractivity contribution in [2.45, 2.75) is 50.7 Å². The fourth-order valence-electron chi connectivity index (χ4n) is 4.06. The number of benzene rings is 1. The van der Waals surface area contributed by atoms with Gasteiger partial charge in [0.15, 0.2) is 0 Å². The lowest BCUT2D eigenvalue weighted by molar-refractivity contribution is 0.361. The van der Waals surface area contributed by atoms with Gasteiger partial charge in [-0.05, 0) is 50.4 Å². The van der Waals surface area contributed by atoms with Crippen LogP contribution in [-0.2, 0) is 0 Å². The van der Waals surface area contributed by atoms with E-state index in [1.807, 2.05) is 5.51 Å². The van der Waals surface area contributed by atoms with Gasteiger partial charge in [0.05, 0.1) is 15.7 Å². The summed E-state index contributed by atoms with van der Waals surface area (Å²) in [5.74, 6) is 0. The molecular weight excluding hydrogens is 266 g/mol. The van der Waals surface area contributed by atoms with Crippen molar-refractivity contribution in [3.05, 3.63) is 23.7 Å². The van der Waals surface area contributed by atoms with Crippen LogP contribution in [0.5, 0.6) is 0 Å². The molecule has 2 aromatic rings. The standard InChI is InChI=1S/C16H21N3S/c1-2-17-11-7-12-3-4-13(8-11)19(12)14-5-6-15-16(9-14)20-10-18-15/h5-6,9-13,17H,2-4,7-8H2,1H3. The maximum Gasteiger partial charge on any atom is 0.0813 e. The number of piperidine rings is 1. The predicted octanol–water partition coefficient (Wildman–Crippen LogP) is 3.41. The average molecular weight is 287 g/mol. The molecule has 0 saturated carbocycles. The lowest BCUT2D eigenvalue weighted by atomic mass is 9.96. The first kappa shape index (κ1) is 12.6. The van der Waals surface area contributed by atoms with Crippen molar-refractivity contribution in [1.29, 1.82) is 0 Å². The third-order valence-electron chi connectivity index (χ3n) is 4.84. The summed E-state index contributed by atoms with van der Waals surface area (Å²) in [6.45, 7) is 3.31. The first-order valence-electron chi connectivity index (χ1n) is 7.70. The second-order valence-electron chi connectivity index (χ2n) is 6.02. The summed E-state index contributed by atoms with van der Waals surface area (Å²) >= 11 is 1.75. The minimum Gasteiger partial charge on any atom is -0.365 e. The van der Waals surface area contributed by atoms with Crippen molar-refractivity contribution < 1.29 is 0 Å². The maximum atomic E-state index is 4.39. The number of aromatic nitrogens is 1. The predicted molar refractivity (Wildman–Crippen MR) is 85.6 cm³/mol. The van der Waals surface area contributed by atoms with E-state index in [9.17, 15) is 0 Å². The van der Waals surface area contributed by atoms with E-state index in [1.54, 1.807) is 11.3 Å². The molecule has 2 unspecified atom stereocenters. The third-order valence-corrected chi connectivity index (χ3v) is 5.63. The van der Waals surface area contributed by atoms with Crippen molar-refractivity contribution >= 4 is 27.2 Å². The van der Waals surface area contributed by atoms with E-state index < -0.39 is 0 Å². The van der Waals surface area contributed by atoms with E-state index in [2.05, 4.69) is 40.3 Å². The Morgan fingerprint density at radius 1 is 1.30 bits per heavy atom. The van der Waals surface area contributed by atoms with Crippen LogP contribution < -0.4 is 10.2 Å². The van der Waals surface area contributed by atoms with E-state index in [-0.39, 0.29) is 0 Å². The van der Waals surface area contributed by atoms with Crippen LogP contribution in [-0.4, -0.2) is 29.7 Å². The van der Waals surface area contributed by atoms with E-state index in [4.69, 9.17) is 0 Å². The van der Waals surface area contributed by atoms with Crippen LogP contribution in [0.1, 0.15) is 32.6 Å². The molecule has 3 nitrogen and oxygen atoms in total. The van der Waals surface area contributed by atoms with Crippen LogP contribution in [0.25, 0.3) is 10.2 Å². The van der Waals surface area contributed by atoms with Crippen LogP contribution in [0.2, 0.25) is 0 Å². The van der Waals surface area contributed by atoms with Crippen molar-refractivity contribution in [3.63, 3.8) is 0 Å². The van der Waals surface area contributed by atoms with Crippen LogP contribution >= 0.6 is 11.3 Å². The monoisotopic (exact) mass is 287 g/mol. The molecule has 2 bridgehead atoms. The summed E-state index contributed by atoms with van der Waals surface area (Å²) in [5.41, 5.74) is 4.48. The first-order valence-corrected chi connectivity index (χ1v) is 8.58. The van der Waals surface area contributed by atoms with Gasteiger partial charge in [0, 0.05) is 23.8 Å². The highest BCUT2D eigenvalue weighted by Gasteiger charge is 2.40. The normalized spacial score (nSPS) is 29.2. The van der Waals surface area contributed by atoms with Gasteiger partial charge in [-0.1, -0.05) is 6.92 Å².